The first kappa shape index (κ1) is 35.2. The largest absolute Gasteiger partial charge is 0.487 e. The normalized spacial score (nSPS) is 29.2. The molecule has 1 amide bonds. The fourth-order valence-corrected chi connectivity index (χ4v) is 8.77. The summed E-state index contributed by atoms with van der Waals surface area (Å²) < 4.78 is 47.8. The van der Waals surface area contributed by atoms with Crippen molar-refractivity contribution in [2.75, 3.05) is 57.4 Å². The molecule has 48 heavy (non-hydrogen) atoms. The molecule has 1 N–H and O–H groups in total. The average molecular weight is 700 g/mol. The number of allylic oxidation sites excluding steroid dienone is 1. The first-order chi connectivity index (χ1) is 23.2. The molecule has 1 aliphatic carbocycles. The molecule has 4 aliphatic rings. The SMILES string of the molecule is C[C@@H]1[C@@H](C)C/C=C\[C@H](OCCN2CCOCC2)[C@@H]2CC[C@H]2CN2CCCCc3cc(Cl)ccc3COc3ccc(cc32)C(=O)NS1(=O)=O. The van der Waals surface area contributed by atoms with Gasteiger partial charge in [-0.15, -0.1) is 0 Å². The number of ether oxygens (including phenoxy) is 3. The summed E-state index contributed by atoms with van der Waals surface area (Å²) in [5.74, 6) is 0.605. The van der Waals surface area contributed by atoms with Gasteiger partial charge in [0.2, 0.25) is 10.0 Å². The van der Waals surface area contributed by atoms with E-state index in [2.05, 4.69) is 26.7 Å². The number of hydrogen-bond acceptors (Lipinski definition) is 8. The van der Waals surface area contributed by atoms with Gasteiger partial charge in [0.05, 0.1) is 36.9 Å². The molecular formula is C37H50ClN3O6S. The van der Waals surface area contributed by atoms with E-state index in [4.69, 9.17) is 25.8 Å². The summed E-state index contributed by atoms with van der Waals surface area (Å²) in [6, 6.07) is 11.2. The van der Waals surface area contributed by atoms with E-state index in [0.29, 0.717) is 42.8 Å². The number of morpholine rings is 1. The van der Waals surface area contributed by atoms with E-state index in [-0.39, 0.29) is 12.0 Å². The number of anilines is 1. The molecule has 5 atom stereocenters. The van der Waals surface area contributed by atoms with Crippen LogP contribution in [0.15, 0.2) is 48.6 Å². The lowest BCUT2D eigenvalue weighted by Gasteiger charge is -2.44. The van der Waals surface area contributed by atoms with Crippen LogP contribution in [0.2, 0.25) is 5.02 Å². The lowest BCUT2D eigenvalue weighted by Crippen LogP contribution is -2.45. The van der Waals surface area contributed by atoms with Gasteiger partial charge in [0.1, 0.15) is 12.4 Å². The zero-order valence-electron chi connectivity index (χ0n) is 28.2. The lowest BCUT2D eigenvalue weighted by molar-refractivity contribution is -0.0314. The molecule has 1 saturated carbocycles. The molecule has 2 fully saturated rings. The summed E-state index contributed by atoms with van der Waals surface area (Å²) in [6.07, 6.45) is 9.79. The van der Waals surface area contributed by atoms with Gasteiger partial charge in [-0.2, -0.15) is 0 Å². The van der Waals surface area contributed by atoms with E-state index in [9.17, 15) is 13.2 Å². The molecule has 0 spiro atoms. The second kappa shape index (κ2) is 15.9. The fraction of sp³-hybridized carbons (Fsp3) is 0.595. The van der Waals surface area contributed by atoms with Gasteiger partial charge in [-0.05, 0) is 105 Å². The number of hydrogen-bond donors (Lipinski definition) is 1. The van der Waals surface area contributed by atoms with Crippen molar-refractivity contribution in [3.63, 3.8) is 0 Å². The Morgan fingerprint density at radius 2 is 1.85 bits per heavy atom. The zero-order chi connectivity index (χ0) is 33.7. The molecule has 0 radical (unpaired) electrons. The number of nitrogens with zero attached hydrogens (tertiary/aromatic N) is 2. The average Bonchev–Trinajstić information content (AvgIpc) is 3.09. The van der Waals surface area contributed by atoms with E-state index in [1.165, 1.54) is 5.56 Å². The number of halogens is 1. The van der Waals surface area contributed by atoms with Crippen molar-refractivity contribution in [2.24, 2.45) is 17.8 Å². The summed E-state index contributed by atoms with van der Waals surface area (Å²) >= 11 is 6.36. The highest BCUT2D eigenvalue weighted by Gasteiger charge is 2.38. The molecule has 9 nitrogen and oxygen atoms in total. The van der Waals surface area contributed by atoms with Gasteiger partial charge in [0, 0.05) is 43.3 Å². The van der Waals surface area contributed by atoms with Crippen LogP contribution >= 0.6 is 11.6 Å². The maximum Gasteiger partial charge on any atom is 0.264 e. The molecule has 2 aromatic carbocycles. The van der Waals surface area contributed by atoms with Crippen LogP contribution in [-0.4, -0.2) is 83.1 Å². The molecule has 0 unspecified atom stereocenters. The zero-order valence-corrected chi connectivity index (χ0v) is 29.8. The maximum atomic E-state index is 13.5. The molecule has 262 valence electrons. The topological polar surface area (TPSA) is 97.4 Å². The second-order valence-electron chi connectivity index (χ2n) is 13.9. The number of nitrogens with one attached hydrogen (secondary N) is 1. The third-order valence-corrected chi connectivity index (χ3v) is 12.9. The number of carbonyl (C=O) groups is 1. The first-order valence-electron chi connectivity index (χ1n) is 17.6. The van der Waals surface area contributed by atoms with Gasteiger partial charge in [-0.25, -0.2) is 13.1 Å². The van der Waals surface area contributed by atoms with Crippen LogP contribution in [0, 0.1) is 17.8 Å². The van der Waals surface area contributed by atoms with Crippen LogP contribution in [0.25, 0.3) is 0 Å². The van der Waals surface area contributed by atoms with E-state index in [0.717, 1.165) is 94.3 Å². The van der Waals surface area contributed by atoms with Crippen LogP contribution in [-0.2, 0) is 32.5 Å². The standard InChI is InChI=1S/C37H50ClN3O6S/c1-26-6-5-8-35(46-21-18-40-16-19-45-20-17-40)33-13-10-30(33)24-41-15-4-3-7-28-22-32(38)12-9-31(28)25-47-36-14-11-29(23-34(36)41)37(42)39-48(43,44)27(26)2/h5,8-9,11-12,14,22-23,26-27,30,33,35H,3-4,6-7,10,13,15-21,24-25H2,1-2H3,(H,39,42)/b8-5-/t26-,27+,30-,33+,35-/m0/s1. The maximum absolute atomic E-state index is 13.5. The lowest BCUT2D eigenvalue weighted by atomic mass is 9.70. The number of benzene rings is 2. The molecular weight excluding hydrogens is 650 g/mol. The Labute approximate surface area is 291 Å². The van der Waals surface area contributed by atoms with Gasteiger partial charge >= 0.3 is 0 Å². The Morgan fingerprint density at radius 3 is 2.65 bits per heavy atom. The van der Waals surface area contributed by atoms with Crippen LogP contribution in [0.1, 0.15) is 67.4 Å². The summed E-state index contributed by atoms with van der Waals surface area (Å²) in [6.45, 7) is 10.4. The highest BCUT2D eigenvalue weighted by molar-refractivity contribution is 7.90. The number of aryl methyl sites for hydroxylation is 1. The van der Waals surface area contributed by atoms with Gasteiger partial charge in [0.25, 0.3) is 5.91 Å². The van der Waals surface area contributed by atoms with Crippen LogP contribution in [0.4, 0.5) is 5.69 Å². The van der Waals surface area contributed by atoms with E-state index in [1.54, 1.807) is 13.0 Å². The van der Waals surface area contributed by atoms with Crippen molar-refractivity contribution in [1.82, 2.24) is 9.62 Å². The van der Waals surface area contributed by atoms with E-state index < -0.39 is 21.2 Å². The number of fused-ring (bicyclic) bond motifs is 3. The first-order valence-corrected chi connectivity index (χ1v) is 19.5. The van der Waals surface area contributed by atoms with E-state index >= 15 is 0 Å². The summed E-state index contributed by atoms with van der Waals surface area (Å²) in [4.78, 5) is 18.2. The molecule has 3 heterocycles. The molecule has 2 aromatic rings. The highest BCUT2D eigenvalue weighted by atomic mass is 35.5. The Balaban J connectivity index is 1.31. The number of sulfonamides is 1. The Bertz CT molecular complexity index is 1560. The minimum Gasteiger partial charge on any atom is -0.487 e. The molecule has 0 aromatic heterocycles. The predicted octanol–water partition coefficient (Wildman–Crippen LogP) is 5.85. The molecule has 6 rings (SSSR count). The third-order valence-electron chi connectivity index (χ3n) is 10.8. The van der Waals surface area contributed by atoms with Crippen molar-refractivity contribution in [2.45, 2.75) is 70.3 Å². The Morgan fingerprint density at radius 1 is 1.02 bits per heavy atom. The van der Waals surface area contributed by atoms with Crippen molar-refractivity contribution >= 4 is 33.2 Å². The number of amides is 1. The van der Waals surface area contributed by atoms with Gasteiger partial charge in [0.15, 0.2) is 0 Å². The van der Waals surface area contributed by atoms with Crippen LogP contribution in [0.3, 0.4) is 0 Å². The molecule has 1 saturated heterocycles. The number of rotatable bonds is 4. The van der Waals surface area contributed by atoms with Gasteiger partial charge in [-0.3, -0.25) is 9.69 Å². The van der Waals surface area contributed by atoms with Crippen molar-refractivity contribution in [1.29, 1.82) is 0 Å². The van der Waals surface area contributed by atoms with Crippen molar-refractivity contribution in [3.8, 4) is 5.75 Å². The third kappa shape index (κ3) is 8.56. The Hall–Kier alpha value is -2.63. The molecule has 3 aliphatic heterocycles. The fourth-order valence-electron chi connectivity index (χ4n) is 7.29. The van der Waals surface area contributed by atoms with Crippen LogP contribution < -0.4 is 14.4 Å². The second-order valence-corrected chi connectivity index (χ2v) is 16.4. The quantitative estimate of drug-likeness (QED) is 0.398. The van der Waals surface area contributed by atoms with E-state index in [1.807, 2.05) is 37.3 Å². The monoisotopic (exact) mass is 699 g/mol. The smallest absolute Gasteiger partial charge is 0.264 e. The molecule has 11 heteroatoms. The highest BCUT2D eigenvalue weighted by Crippen LogP contribution is 2.42. The van der Waals surface area contributed by atoms with Crippen molar-refractivity contribution in [3.05, 3.63) is 70.3 Å². The number of carbonyl (C=O) groups excluding carboxylic acids is 1. The van der Waals surface area contributed by atoms with Gasteiger partial charge in [-0.1, -0.05) is 36.7 Å². The van der Waals surface area contributed by atoms with Crippen LogP contribution in [0.5, 0.6) is 5.75 Å². The summed E-state index contributed by atoms with van der Waals surface area (Å²) in [5.41, 5.74) is 3.40. The van der Waals surface area contributed by atoms with Crippen molar-refractivity contribution < 1.29 is 27.4 Å². The Kier molecular flexibility index (Phi) is 11.7. The predicted molar refractivity (Wildman–Crippen MR) is 189 cm³/mol. The summed E-state index contributed by atoms with van der Waals surface area (Å²) in [5, 5.41) is -0.0411. The molecule has 2 bridgehead atoms. The summed E-state index contributed by atoms with van der Waals surface area (Å²) in [7, 11) is -3.92. The van der Waals surface area contributed by atoms with Gasteiger partial charge < -0.3 is 19.1 Å². The minimum absolute atomic E-state index is 0.0539. The minimum atomic E-state index is -3.92.